The highest BCUT2D eigenvalue weighted by atomic mass is 35.5. The number of hydrogen-bond donors (Lipinski definition) is 2. The molecule has 0 radical (unpaired) electrons. The van der Waals surface area contributed by atoms with E-state index >= 15 is 0 Å². The molecule has 2 aromatic carbocycles. The van der Waals surface area contributed by atoms with Gasteiger partial charge in [-0.3, -0.25) is 4.79 Å². The Bertz CT molecular complexity index is 947. The summed E-state index contributed by atoms with van der Waals surface area (Å²) in [5, 5.41) is 17.0. The van der Waals surface area contributed by atoms with Crippen molar-refractivity contribution >= 4 is 17.3 Å². The van der Waals surface area contributed by atoms with Gasteiger partial charge < -0.3 is 10.4 Å². The molecule has 1 atom stereocenters. The van der Waals surface area contributed by atoms with Gasteiger partial charge in [0, 0.05) is 12.1 Å². The third-order valence-corrected chi connectivity index (χ3v) is 4.28. The summed E-state index contributed by atoms with van der Waals surface area (Å²) in [4.78, 5) is 12.4. The summed E-state index contributed by atoms with van der Waals surface area (Å²) >= 11 is 6.13. The van der Waals surface area contributed by atoms with E-state index in [-0.39, 0.29) is 22.8 Å². The highest BCUT2D eigenvalue weighted by Gasteiger charge is 2.14. The lowest BCUT2D eigenvalue weighted by Crippen LogP contribution is -2.25. The summed E-state index contributed by atoms with van der Waals surface area (Å²) < 4.78 is 14.9. The van der Waals surface area contributed by atoms with Gasteiger partial charge in [-0.1, -0.05) is 60.1 Å². The maximum Gasteiger partial charge on any atom is 0.287 e. The standard InChI is InChI=1S/C19H17ClFN3O2/c20-18-16(22-11-17(25)14-8-4-5-9-15(14)21)10-23-24(19(18)26)12-13-6-2-1-3-7-13/h1-10,17,22,25H,11-12H2. The molecule has 3 aromatic rings. The Hall–Kier alpha value is -2.70. The van der Waals surface area contributed by atoms with E-state index < -0.39 is 17.5 Å². The van der Waals surface area contributed by atoms with Crippen LogP contribution in [0.2, 0.25) is 5.02 Å². The molecule has 3 rings (SSSR count). The number of halogens is 2. The van der Waals surface area contributed by atoms with E-state index in [2.05, 4.69) is 10.4 Å². The van der Waals surface area contributed by atoms with E-state index in [1.54, 1.807) is 12.1 Å². The van der Waals surface area contributed by atoms with Gasteiger partial charge in [0.15, 0.2) is 0 Å². The van der Waals surface area contributed by atoms with Crippen LogP contribution in [-0.2, 0) is 6.54 Å². The molecule has 0 saturated heterocycles. The van der Waals surface area contributed by atoms with E-state index in [1.807, 2.05) is 30.3 Å². The van der Waals surface area contributed by atoms with Gasteiger partial charge in [0.2, 0.25) is 0 Å². The molecule has 5 nitrogen and oxygen atoms in total. The molecule has 0 saturated carbocycles. The molecule has 0 aliphatic rings. The summed E-state index contributed by atoms with van der Waals surface area (Å²) in [7, 11) is 0. The zero-order valence-corrected chi connectivity index (χ0v) is 14.5. The van der Waals surface area contributed by atoms with E-state index in [0.29, 0.717) is 6.54 Å². The van der Waals surface area contributed by atoms with Crippen LogP contribution in [0.1, 0.15) is 17.2 Å². The first kappa shape index (κ1) is 18.1. The maximum atomic E-state index is 13.7. The minimum atomic E-state index is -1.08. The van der Waals surface area contributed by atoms with Crippen molar-refractivity contribution in [2.24, 2.45) is 0 Å². The van der Waals surface area contributed by atoms with Crippen molar-refractivity contribution in [1.82, 2.24) is 9.78 Å². The molecule has 0 amide bonds. The van der Waals surface area contributed by atoms with Crippen molar-refractivity contribution in [1.29, 1.82) is 0 Å². The topological polar surface area (TPSA) is 67.2 Å². The van der Waals surface area contributed by atoms with Crippen LogP contribution >= 0.6 is 11.6 Å². The lowest BCUT2D eigenvalue weighted by molar-refractivity contribution is 0.186. The molecule has 1 unspecified atom stereocenters. The van der Waals surface area contributed by atoms with Crippen LogP contribution in [0.15, 0.2) is 65.6 Å². The largest absolute Gasteiger partial charge is 0.386 e. The van der Waals surface area contributed by atoms with Crippen LogP contribution in [0, 0.1) is 5.82 Å². The summed E-state index contributed by atoms with van der Waals surface area (Å²) in [5.74, 6) is -0.496. The Morgan fingerprint density at radius 3 is 2.58 bits per heavy atom. The normalized spacial score (nSPS) is 12.0. The van der Waals surface area contributed by atoms with Crippen molar-refractivity contribution < 1.29 is 9.50 Å². The van der Waals surface area contributed by atoms with E-state index in [0.717, 1.165) is 5.56 Å². The number of benzene rings is 2. The first-order chi connectivity index (χ1) is 12.6. The van der Waals surface area contributed by atoms with Gasteiger partial charge in [-0.2, -0.15) is 5.10 Å². The molecule has 0 fully saturated rings. The van der Waals surface area contributed by atoms with Crippen molar-refractivity contribution in [2.75, 3.05) is 11.9 Å². The number of rotatable bonds is 6. The quantitative estimate of drug-likeness (QED) is 0.696. The number of nitrogens with zero attached hydrogens (tertiary/aromatic N) is 2. The third-order valence-electron chi connectivity index (χ3n) is 3.91. The second-order valence-corrected chi connectivity index (χ2v) is 6.12. The van der Waals surface area contributed by atoms with Crippen LogP contribution in [0.4, 0.5) is 10.1 Å². The third kappa shape index (κ3) is 4.09. The zero-order valence-electron chi connectivity index (χ0n) is 13.8. The summed E-state index contributed by atoms with van der Waals surface area (Å²) in [5.41, 5.74) is 0.938. The Balaban J connectivity index is 1.72. The molecule has 134 valence electrons. The fourth-order valence-corrected chi connectivity index (χ4v) is 2.73. The average Bonchev–Trinajstić information content (AvgIpc) is 2.66. The Morgan fingerprint density at radius 2 is 1.85 bits per heavy atom. The molecule has 0 spiro atoms. The van der Waals surface area contributed by atoms with Crippen LogP contribution in [-0.4, -0.2) is 21.4 Å². The van der Waals surface area contributed by atoms with Gasteiger partial charge in [0.1, 0.15) is 10.8 Å². The predicted octanol–water partition coefficient (Wildman–Crippen LogP) is 3.23. The van der Waals surface area contributed by atoms with Gasteiger partial charge in [0.05, 0.1) is 24.5 Å². The SMILES string of the molecule is O=c1c(Cl)c(NCC(O)c2ccccc2F)cnn1Cc1ccccc1. The fraction of sp³-hybridized carbons (Fsp3) is 0.158. The number of aliphatic hydroxyl groups is 1. The number of anilines is 1. The molecular weight excluding hydrogens is 357 g/mol. The number of aliphatic hydroxyl groups excluding tert-OH is 1. The highest BCUT2D eigenvalue weighted by Crippen LogP contribution is 2.20. The van der Waals surface area contributed by atoms with Crippen molar-refractivity contribution in [3.8, 4) is 0 Å². The second kappa shape index (κ2) is 8.12. The molecule has 1 aromatic heterocycles. The lowest BCUT2D eigenvalue weighted by atomic mass is 10.1. The van der Waals surface area contributed by atoms with Crippen LogP contribution in [0.25, 0.3) is 0 Å². The Kier molecular flexibility index (Phi) is 5.65. The lowest BCUT2D eigenvalue weighted by Gasteiger charge is -2.15. The molecule has 2 N–H and O–H groups in total. The number of nitrogens with one attached hydrogen (secondary N) is 1. The van der Waals surface area contributed by atoms with Crippen molar-refractivity contribution in [3.63, 3.8) is 0 Å². The number of aromatic nitrogens is 2. The number of hydrogen-bond acceptors (Lipinski definition) is 4. The first-order valence-electron chi connectivity index (χ1n) is 8.02. The van der Waals surface area contributed by atoms with Crippen LogP contribution in [0.3, 0.4) is 0 Å². The van der Waals surface area contributed by atoms with E-state index in [1.165, 1.54) is 23.0 Å². The molecule has 26 heavy (non-hydrogen) atoms. The molecule has 0 bridgehead atoms. The van der Waals surface area contributed by atoms with Crippen molar-refractivity contribution in [3.05, 3.63) is 93.1 Å². The molecule has 7 heteroatoms. The smallest absolute Gasteiger partial charge is 0.287 e. The maximum absolute atomic E-state index is 13.7. The Labute approximate surface area is 154 Å². The zero-order chi connectivity index (χ0) is 18.5. The molecular formula is C19H17ClFN3O2. The monoisotopic (exact) mass is 373 g/mol. The second-order valence-electron chi connectivity index (χ2n) is 5.74. The minimum Gasteiger partial charge on any atom is -0.386 e. The van der Waals surface area contributed by atoms with E-state index in [9.17, 15) is 14.3 Å². The van der Waals surface area contributed by atoms with Gasteiger partial charge in [0.25, 0.3) is 5.56 Å². The van der Waals surface area contributed by atoms with Gasteiger partial charge in [-0.25, -0.2) is 9.07 Å². The molecule has 0 aliphatic heterocycles. The van der Waals surface area contributed by atoms with Gasteiger partial charge in [-0.15, -0.1) is 0 Å². The Morgan fingerprint density at radius 1 is 1.15 bits per heavy atom. The minimum absolute atomic E-state index is 0.00945. The first-order valence-corrected chi connectivity index (χ1v) is 8.40. The summed E-state index contributed by atoms with van der Waals surface area (Å²) in [6.45, 7) is 0.294. The van der Waals surface area contributed by atoms with Crippen LogP contribution < -0.4 is 10.9 Å². The highest BCUT2D eigenvalue weighted by molar-refractivity contribution is 6.32. The van der Waals surface area contributed by atoms with Gasteiger partial charge in [-0.05, 0) is 11.6 Å². The van der Waals surface area contributed by atoms with Crippen molar-refractivity contribution in [2.45, 2.75) is 12.6 Å². The predicted molar refractivity (Wildman–Crippen MR) is 98.9 cm³/mol. The average molecular weight is 374 g/mol. The molecule has 1 heterocycles. The fourth-order valence-electron chi connectivity index (χ4n) is 2.52. The summed E-state index contributed by atoms with van der Waals surface area (Å²) in [6.07, 6.45) is 0.333. The summed E-state index contributed by atoms with van der Waals surface area (Å²) in [6, 6.07) is 15.4. The van der Waals surface area contributed by atoms with Gasteiger partial charge >= 0.3 is 0 Å². The van der Waals surface area contributed by atoms with Crippen LogP contribution in [0.5, 0.6) is 0 Å². The van der Waals surface area contributed by atoms with E-state index in [4.69, 9.17) is 11.6 Å². The molecule has 0 aliphatic carbocycles.